The van der Waals surface area contributed by atoms with Crippen LogP contribution in [0, 0.1) is 0 Å². The Bertz CT molecular complexity index is 6290. The van der Waals surface area contributed by atoms with E-state index in [4.69, 9.17) is 40.8 Å². The van der Waals surface area contributed by atoms with Crippen molar-refractivity contribution in [3.05, 3.63) is 391 Å². The van der Waals surface area contributed by atoms with Crippen molar-refractivity contribution in [3.63, 3.8) is 0 Å². The van der Waals surface area contributed by atoms with E-state index in [0.717, 1.165) is 83.6 Å². The number of aromatic nitrogens is 4. The van der Waals surface area contributed by atoms with Crippen LogP contribution in [0.15, 0.2) is 364 Å². The molecule has 2 saturated carbocycles. The lowest BCUT2D eigenvalue weighted by atomic mass is 9.66. The Balaban J connectivity index is 0.000000125. The van der Waals surface area contributed by atoms with Gasteiger partial charge in [0, 0.05) is 49.2 Å². The van der Waals surface area contributed by atoms with Gasteiger partial charge in [0.25, 0.3) is 0 Å². The van der Waals surface area contributed by atoms with E-state index in [0.29, 0.717) is 5.82 Å². The van der Waals surface area contributed by atoms with Crippen LogP contribution in [-0.4, -0.2) is 38.3 Å². The largest absolute Gasteiger partial charge is 0.494 e. The summed E-state index contributed by atoms with van der Waals surface area (Å²) in [5.74, 6) is 1.41. The number of nitrogens with zero attached hydrogens (tertiary/aromatic N) is 4. The third kappa shape index (κ3) is 14.9. The molecular formula is C110H92BClN4O2. The Morgan fingerprint density at radius 2 is 0.525 bits per heavy atom. The molecule has 0 amide bonds. The summed E-state index contributed by atoms with van der Waals surface area (Å²) < 4.78 is 12.7. The topological polar surface area (TPSA) is 70.0 Å². The minimum absolute atomic E-state index is 0.152. The van der Waals surface area contributed by atoms with E-state index in [1.807, 2.05) is 48.5 Å². The maximum absolute atomic E-state index is 6.34. The molecule has 16 aromatic rings. The van der Waals surface area contributed by atoms with Crippen LogP contribution >= 0.6 is 11.6 Å². The molecule has 8 heteroatoms. The van der Waals surface area contributed by atoms with E-state index in [1.165, 1.54) is 153 Å². The lowest BCUT2D eigenvalue weighted by Crippen LogP contribution is -2.41. The van der Waals surface area contributed by atoms with Crippen LogP contribution in [0.3, 0.4) is 0 Å². The molecule has 1 saturated heterocycles. The summed E-state index contributed by atoms with van der Waals surface area (Å²) in [5, 5.41) is 0.725. The second kappa shape index (κ2) is 32.2. The van der Waals surface area contributed by atoms with Crippen LogP contribution in [-0.2, 0) is 20.1 Å². The van der Waals surface area contributed by atoms with Gasteiger partial charge in [-0.3, -0.25) is 0 Å². The number of benzene rings is 14. The van der Waals surface area contributed by atoms with Crippen LogP contribution in [0.4, 0.5) is 0 Å². The highest BCUT2D eigenvalue weighted by Gasteiger charge is 2.53. The van der Waals surface area contributed by atoms with Crippen LogP contribution in [0.5, 0.6) is 0 Å². The highest BCUT2D eigenvalue weighted by atomic mass is 35.5. The number of hydrogen-bond donors (Lipinski definition) is 0. The third-order valence-corrected chi connectivity index (χ3v) is 25.9. The van der Waals surface area contributed by atoms with Crippen LogP contribution in [0.2, 0.25) is 5.02 Å². The van der Waals surface area contributed by atoms with Crippen molar-refractivity contribution >= 4 is 24.2 Å². The van der Waals surface area contributed by atoms with Gasteiger partial charge in [-0.1, -0.05) is 378 Å². The first-order valence-corrected chi connectivity index (χ1v) is 42.3. The van der Waals surface area contributed by atoms with Gasteiger partial charge >= 0.3 is 7.12 Å². The van der Waals surface area contributed by atoms with Gasteiger partial charge in [-0.25, -0.2) is 19.9 Å². The molecule has 3 fully saturated rings. The van der Waals surface area contributed by atoms with Crippen LogP contribution in [0.25, 0.3) is 146 Å². The Labute approximate surface area is 699 Å². The highest BCUT2D eigenvalue weighted by molar-refractivity contribution is 6.62. The van der Waals surface area contributed by atoms with Crippen molar-refractivity contribution in [1.29, 1.82) is 0 Å². The monoisotopic (exact) mass is 1550 g/mol. The van der Waals surface area contributed by atoms with Gasteiger partial charge in [0.15, 0.2) is 11.6 Å². The quantitative estimate of drug-likeness (QED) is 0.114. The van der Waals surface area contributed by atoms with E-state index < -0.39 is 0 Å². The standard InChI is InChI=1S/C52H40N2.C34H23ClN2.C24H29BO2/c1-4-13-36(14-5-1)37-21-25-40(26-22-37)50-35-49(39-15-6-2-7-16-39)53-51(54-50)41-27-23-38(24-28-41)42-17-12-18-43(33-42)44-29-30-46-45-19-8-9-20-47(45)52(48(46)34-44)31-10-3-11-32-52;35-31-13-7-12-30(22-31)26-16-20-29(21-17-26)34-36-32(27-10-5-2-6-11-27)23-33(37-34)28-18-14-25(15-19-28)24-8-3-1-4-9-24;1-22(2)23(3,4)27-25(26-22)17-12-13-19-18-10-6-7-11-20(18)24(21(19)16-17)14-8-5-9-15-24/h1-2,4-9,12-30,33-35H,3,10-11,31-32H2;1-23H;6-7,10-13,16H,5,8-9,14-15H2,1-4H3. The Hall–Kier alpha value is -12.5. The molecule has 4 aliphatic carbocycles. The van der Waals surface area contributed by atoms with E-state index in [-0.39, 0.29) is 29.2 Å². The van der Waals surface area contributed by atoms with Gasteiger partial charge in [0.1, 0.15) is 0 Å². The molecule has 2 aromatic heterocycles. The molecule has 14 aromatic carbocycles. The number of rotatable bonds is 12. The molecule has 118 heavy (non-hydrogen) atoms. The van der Waals surface area contributed by atoms with Gasteiger partial charge < -0.3 is 9.31 Å². The molecule has 0 unspecified atom stereocenters. The molecule has 0 N–H and O–H groups in total. The fraction of sp³-hybridized carbons (Fsp3) is 0.164. The van der Waals surface area contributed by atoms with Crippen molar-refractivity contribution in [3.8, 4) is 146 Å². The molecular weight excluding hydrogens is 1460 g/mol. The number of fused-ring (bicyclic) bond motifs is 10. The molecule has 21 rings (SSSR count). The highest BCUT2D eigenvalue weighted by Crippen LogP contribution is 2.58. The number of hydrogen-bond acceptors (Lipinski definition) is 6. The van der Waals surface area contributed by atoms with E-state index in [9.17, 15) is 0 Å². The average Bonchev–Trinajstić information content (AvgIpc) is 1.57. The molecule has 5 aliphatic rings. The van der Waals surface area contributed by atoms with E-state index >= 15 is 0 Å². The smallest absolute Gasteiger partial charge is 0.399 e. The van der Waals surface area contributed by atoms with Crippen LogP contribution < -0.4 is 5.46 Å². The summed E-state index contributed by atoms with van der Waals surface area (Å²) in [5.41, 5.74) is 34.3. The summed E-state index contributed by atoms with van der Waals surface area (Å²) >= 11 is 6.20. The third-order valence-electron chi connectivity index (χ3n) is 25.6. The van der Waals surface area contributed by atoms with Gasteiger partial charge in [0.2, 0.25) is 0 Å². The normalized spacial score (nSPS) is 15.3. The van der Waals surface area contributed by atoms with Crippen LogP contribution in [0.1, 0.15) is 114 Å². The summed E-state index contributed by atoms with van der Waals surface area (Å²) in [6.45, 7) is 8.50. The van der Waals surface area contributed by atoms with Crippen molar-refractivity contribution in [1.82, 2.24) is 19.9 Å². The lowest BCUT2D eigenvalue weighted by Gasteiger charge is -2.36. The molecule has 0 atom stereocenters. The zero-order valence-corrected chi connectivity index (χ0v) is 68.0. The molecule has 6 nitrogen and oxygen atoms in total. The Morgan fingerprint density at radius 3 is 0.949 bits per heavy atom. The fourth-order valence-electron chi connectivity index (χ4n) is 18.7. The molecule has 574 valence electrons. The zero-order valence-electron chi connectivity index (χ0n) is 67.3. The average molecular weight is 1550 g/mol. The summed E-state index contributed by atoms with van der Waals surface area (Å²) in [7, 11) is -0.287. The first kappa shape index (κ1) is 75.5. The molecule has 1 aliphatic heterocycles. The first-order valence-electron chi connectivity index (χ1n) is 41.9. The summed E-state index contributed by atoms with van der Waals surface area (Å²) in [6.07, 6.45) is 12.9. The van der Waals surface area contributed by atoms with Gasteiger partial charge in [-0.15, -0.1) is 0 Å². The minimum Gasteiger partial charge on any atom is -0.399 e. The zero-order chi connectivity index (χ0) is 79.8. The van der Waals surface area contributed by atoms with Gasteiger partial charge in [-0.2, -0.15) is 0 Å². The van der Waals surface area contributed by atoms with Crippen molar-refractivity contribution < 1.29 is 9.31 Å². The maximum Gasteiger partial charge on any atom is 0.494 e. The van der Waals surface area contributed by atoms with Gasteiger partial charge in [0.05, 0.1) is 34.0 Å². The summed E-state index contributed by atoms with van der Waals surface area (Å²) in [4.78, 5) is 20.2. The second-order valence-corrected chi connectivity index (χ2v) is 33.8. The fourth-order valence-corrected chi connectivity index (χ4v) is 18.9. The summed E-state index contributed by atoms with van der Waals surface area (Å²) in [6, 6.07) is 129. The first-order chi connectivity index (χ1) is 57.8. The molecule has 0 bridgehead atoms. The second-order valence-electron chi connectivity index (χ2n) is 33.3. The molecule has 2 spiro atoms. The van der Waals surface area contributed by atoms with E-state index in [1.54, 1.807) is 0 Å². The van der Waals surface area contributed by atoms with Crippen molar-refractivity contribution in [2.75, 3.05) is 0 Å². The predicted octanol–water partition coefficient (Wildman–Crippen LogP) is 28.4. The number of halogens is 1. The SMILES string of the molecule is CC1(C)OB(c2ccc3c(c2)C2(CCCCC2)c2ccccc2-3)OC1(C)C.Clc1cccc(-c2ccc(-c3nc(-c4ccccc4)cc(-c4ccc(-c5ccccc5)cc4)n3)cc2)c1.c1ccc(-c2ccc(-c3cc(-c4ccccc4)nc(-c4ccc(-c5cccc(-c6ccc7c(c6)C6(CCCCC6)c6ccccc6-7)c5)cc4)n3)cc2)cc1. The molecule has 0 radical (unpaired) electrons. The Kier molecular flexibility index (Phi) is 20.6. The predicted molar refractivity (Wildman–Crippen MR) is 490 cm³/mol. The minimum atomic E-state index is -0.303. The van der Waals surface area contributed by atoms with E-state index in [2.05, 4.69) is 343 Å². The van der Waals surface area contributed by atoms with Crippen molar-refractivity contribution in [2.45, 2.75) is 114 Å². The van der Waals surface area contributed by atoms with Crippen molar-refractivity contribution in [2.24, 2.45) is 0 Å². The lowest BCUT2D eigenvalue weighted by molar-refractivity contribution is 0.00578. The Morgan fingerprint density at radius 1 is 0.237 bits per heavy atom. The molecule has 3 heterocycles. The maximum atomic E-state index is 6.34. The van der Waals surface area contributed by atoms with Gasteiger partial charge in [-0.05, 0) is 195 Å².